The highest BCUT2D eigenvalue weighted by molar-refractivity contribution is 7.25. The van der Waals surface area contributed by atoms with Gasteiger partial charge in [-0.1, -0.05) is 0 Å². The first-order valence-electron chi connectivity index (χ1n) is 4.53. The Kier molecular flexibility index (Phi) is 5.05. The first-order valence-corrected chi connectivity index (χ1v) is 13.7. The molecule has 80 valence electrons. The minimum atomic E-state index is -1.98. The molecule has 2 atom stereocenters. The molecular formula is C7H22O3Si3. The summed E-state index contributed by atoms with van der Waals surface area (Å²) in [5.41, 5.74) is 0. The molecule has 13 heavy (non-hydrogen) atoms. The summed E-state index contributed by atoms with van der Waals surface area (Å²) in [4.78, 5) is 0. The molecule has 3 nitrogen and oxygen atoms in total. The van der Waals surface area contributed by atoms with E-state index >= 15 is 0 Å². The molecule has 0 aliphatic heterocycles. The largest absolute Gasteiger partial charge is 0.437 e. The molecule has 0 radical (unpaired) electrons. The van der Waals surface area contributed by atoms with Crippen LogP contribution in [0.5, 0.6) is 0 Å². The van der Waals surface area contributed by atoms with Crippen molar-refractivity contribution >= 4 is 25.0 Å². The summed E-state index contributed by atoms with van der Waals surface area (Å²) in [6.07, 6.45) is 0. The highest BCUT2D eigenvalue weighted by Crippen LogP contribution is 2.17. The summed E-state index contributed by atoms with van der Waals surface area (Å²) in [6, 6.07) is 0. The topological polar surface area (TPSA) is 27.7 Å². The van der Waals surface area contributed by atoms with Crippen LogP contribution in [0.25, 0.3) is 0 Å². The van der Waals surface area contributed by atoms with E-state index in [1.165, 1.54) is 0 Å². The summed E-state index contributed by atoms with van der Waals surface area (Å²) in [5, 5.41) is 0. The molecule has 0 spiro atoms. The standard InChI is InChI=1S/C7H22O3Si3/c1-8-11(3)13(7,9-2)10-12(4,5)6/h11H,1-7H3. The maximum absolute atomic E-state index is 6.12. The van der Waals surface area contributed by atoms with Crippen molar-refractivity contribution in [2.24, 2.45) is 0 Å². The third kappa shape index (κ3) is 4.52. The van der Waals surface area contributed by atoms with Crippen LogP contribution in [-0.4, -0.2) is 39.2 Å². The van der Waals surface area contributed by atoms with Crippen LogP contribution in [0.3, 0.4) is 0 Å². The van der Waals surface area contributed by atoms with Gasteiger partial charge in [0.1, 0.15) is 0 Å². The lowest BCUT2D eigenvalue weighted by Gasteiger charge is -2.35. The zero-order chi connectivity index (χ0) is 10.7. The summed E-state index contributed by atoms with van der Waals surface area (Å²) in [6.45, 7) is 10.8. The van der Waals surface area contributed by atoms with Crippen molar-refractivity contribution in [3.05, 3.63) is 0 Å². The summed E-state index contributed by atoms with van der Waals surface area (Å²) in [7, 11) is -1.26. The summed E-state index contributed by atoms with van der Waals surface area (Å²) < 4.78 is 17.1. The van der Waals surface area contributed by atoms with Crippen molar-refractivity contribution in [1.29, 1.82) is 0 Å². The van der Waals surface area contributed by atoms with E-state index in [1.54, 1.807) is 14.2 Å². The molecule has 0 bridgehead atoms. The zero-order valence-corrected chi connectivity index (χ0v) is 13.0. The van der Waals surface area contributed by atoms with Crippen molar-refractivity contribution in [2.45, 2.75) is 32.7 Å². The predicted molar refractivity (Wildman–Crippen MR) is 63.1 cm³/mol. The van der Waals surface area contributed by atoms with Gasteiger partial charge < -0.3 is 13.0 Å². The fourth-order valence-corrected chi connectivity index (χ4v) is 14.7. The van der Waals surface area contributed by atoms with Crippen LogP contribution in [-0.2, 0) is 13.0 Å². The third-order valence-corrected chi connectivity index (χ3v) is 16.0. The smallest absolute Gasteiger partial charge is 0.331 e. The molecule has 0 heterocycles. The second-order valence-corrected chi connectivity index (χ2v) is 19.1. The van der Waals surface area contributed by atoms with E-state index in [0.717, 1.165) is 0 Å². The second-order valence-electron chi connectivity index (χ2n) is 4.31. The van der Waals surface area contributed by atoms with Gasteiger partial charge in [-0.15, -0.1) is 0 Å². The van der Waals surface area contributed by atoms with Crippen molar-refractivity contribution in [3.63, 3.8) is 0 Å². The van der Waals surface area contributed by atoms with Crippen molar-refractivity contribution in [3.8, 4) is 0 Å². The van der Waals surface area contributed by atoms with Crippen molar-refractivity contribution < 1.29 is 13.0 Å². The second kappa shape index (κ2) is 4.85. The molecular weight excluding hydrogens is 216 g/mol. The molecule has 0 N–H and O–H groups in total. The molecule has 0 aliphatic rings. The van der Waals surface area contributed by atoms with Crippen LogP contribution in [0.2, 0.25) is 32.7 Å². The minimum absolute atomic E-state index is 1.28. The minimum Gasteiger partial charge on any atom is -0.437 e. The molecule has 0 aromatic carbocycles. The Bertz CT molecular complexity index is 160. The number of hydrogen-bond donors (Lipinski definition) is 0. The molecule has 2 unspecified atom stereocenters. The van der Waals surface area contributed by atoms with Crippen LogP contribution in [0, 0.1) is 0 Å². The van der Waals surface area contributed by atoms with Crippen LogP contribution in [0.15, 0.2) is 0 Å². The van der Waals surface area contributed by atoms with Crippen LogP contribution in [0.1, 0.15) is 0 Å². The molecule has 0 saturated carbocycles. The molecule has 0 saturated heterocycles. The Hall–Kier alpha value is 0.531. The zero-order valence-electron chi connectivity index (χ0n) is 9.80. The summed E-state index contributed by atoms with van der Waals surface area (Å²) in [5.74, 6) is 0. The van der Waals surface area contributed by atoms with Gasteiger partial charge in [-0.25, -0.2) is 0 Å². The van der Waals surface area contributed by atoms with E-state index in [1.807, 2.05) is 0 Å². The van der Waals surface area contributed by atoms with Gasteiger partial charge in [-0.3, -0.25) is 0 Å². The van der Waals surface area contributed by atoms with Gasteiger partial charge in [0.25, 0.3) is 0 Å². The molecule has 0 rings (SSSR count). The lowest BCUT2D eigenvalue weighted by atomic mass is 11.8. The van der Waals surface area contributed by atoms with Crippen molar-refractivity contribution in [1.82, 2.24) is 0 Å². The quantitative estimate of drug-likeness (QED) is 0.682. The Balaban J connectivity index is 4.45. The molecule has 0 aliphatic carbocycles. The highest BCUT2D eigenvalue weighted by atomic mass is 29.3. The van der Waals surface area contributed by atoms with Crippen LogP contribution >= 0.6 is 0 Å². The fraction of sp³-hybridized carbons (Fsp3) is 1.00. The average Bonchev–Trinajstić information content (AvgIpc) is 1.99. The molecule has 0 aromatic rings. The normalized spacial score (nSPS) is 19.6. The monoisotopic (exact) mass is 238 g/mol. The van der Waals surface area contributed by atoms with Gasteiger partial charge in [0, 0.05) is 14.2 Å². The Morgan fingerprint density at radius 2 is 1.46 bits per heavy atom. The highest BCUT2D eigenvalue weighted by Gasteiger charge is 2.42. The average molecular weight is 239 g/mol. The summed E-state index contributed by atoms with van der Waals surface area (Å²) >= 11 is 0. The fourth-order valence-electron chi connectivity index (χ4n) is 1.11. The van der Waals surface area contributed by atoms with Gasteiger partial charge in [-0.05, 0) is 32.7 Å². The van der Waals surface area contributed by atoms with Gasteiger partial charge in [-0.2, -0.15) is 0 Å². The Morgan fingerprint density at radius 1 is 1.00 bits per heavy atom. The SMILES string of the molecule is CO[SiH](C)[Si](C)(OC)O[Si](C)(C)C. The number of rotatable bonds is 5. The first-order chi connectivity index (χ1) is 5.75. The van der Waals surface area contributed by atoms with Gasteiger partial charge in [0.2, 0.25) is 8.56 Å². The van der Waals surface area contributed by atoms with E-state index in [-0.39, 0.29) is 0 Å². The maximum Gasteiger partial charge on any atom is 0.331 e. The third-order valence-electron chi connectivity index (χ3n) is 2.01. The maximum atomic E-state index is 6.12. The Labute approximate surface area is 85.3 Å². The van der Waals surface area contributed by atoms with Gasteiger partial charge in [0.05, 0.1) is 0 Å². The van der Waals surface area contributed by atoms with Crippen molar-refractivity contribution in [2.75, 3.05) is 14.2 Å². The molecule has 0 fully saturated rings. The molecule has 0 amide bonds. The lowest BCUT2D eigenvalue weighted by molar-refractivity contribution is 0.310. The van der Waals surface area contributed by atoms with E-state index in [0.29, 0.717) is 0 Å². The predicted octanol–water partition coefficient (Wildman–Crippen LogP) is 1.63. The number of hydrogen-bond acceptors (Lipinski definition) is 3. The van der Waals surface area contributed by atoms with E-state index in [9.17, 15) is 0 Å². The Morgan fingerprint density at radius 3 is 1.69 bits per heavy atom. The van der Waals surface area contributed by atoms with Gasteiger partial charge >= 0.3 is 8.08 Å². The van der Waals surface area contributed by atoms with Crippen LogP contribution in [0.4, 0.5) is 0 Å². The van der Waals surface area contributed by atoms with Crippen LogP contribution < -0.4 is 0 Å². The first kappa shape index (κ1) is 13.5. The van der Waals surface area contributed by atoms with E-state index < -0.39 is 25.0 Å². The lowest BCUT2D eigenvalue weighted by Crippen LogP contribution is -2.57. The van der Waals surface area contributed by atoms with E-state index in [2.05, 4.69) is 32.7 Å². The molecule has 0 aromatic heterocycles. The van der Waals surface area contributed by atoms with Gasteiger partial charge in [0.15, 0.2) is 8.32 Å². The molecule has 6 heteroatoms. The van der Waals surface area contributed by atoms with E-state index in [4.69, 9.17) is 13.0 Å².